The molecule has 0 aliphatic heterocycles. The average Bonchev–Trinajstić information content (AvgIpc) is 2.70. The van der Waals surface area contributed by atoms with Crippen molar-refractivity contribution in [3.8, 4) is 0 Å². The molecule has 1 fully saturated rings. The normalized spacial score (nSPS) is 18.2. The summed E-state index contributed by atoms with van der Waals surface area (Å²) >= 11 is 3.17. The van der Waals surface area contributed by atoms with E-state index in [4.69, 9.17) is 4.74 Å². The molecule has 4 heteroatoms. The highest BCUT2D eigenvalue weighted by atomic mass is 79.9. The molecule has 2 nitrogen and oxygen atoms in total. The Balaban J connectivity index is 2.15. The van der Waals surface area contributed by atoms with Crippen LogP contribution in [0.2, 0.25) is 0 Å². The Bertz CT molecular complexity index is 494. The number of benzene rings is 1. The molecule has 0 heterocycles. The summed E-state index contributed by atoms with van der Waals surface area (Å²) in [4.78, 5) is 12.8. The Morgan fingerprint density at radius 1 is 1.29 bits per heavy atom. The number of hydrogen-bond donors (Lipinski definition) is 0. The standard InChI is InChI=1S/C17H22BrFO2/c1-2-21-17(9-5-3-4-6-10-17)16(20)12-13-7-8-15(19)14(18)11-13/h7-8,11H,2-6,9-10,12H2,1H3. The summed E-state index contributed by atoms with van der Waals surface area (Å²) in [5.74, 6) is -0.176. The Morgan fingerprint density at radius 2 is 1.95 bits per heavy atom. The van der Waals surface area contributed by atoms with Crippen molar-refractivity contribution >= 4 is 21.7 Å². The molecule has 0 spiro atoms. The minimum absolute atomic E-state index is 0.129. The zero-order chi connectivity index (χ0) is 15.3. The molecule has 1 saturated carbocycles. The van der Waals surface area contributed by atoms with Crippen molar-refractivity contribution in [2.24, 2.45) is 0 Å². The predicted molar refractivity (Wildman–Crippen MR) is 84.9 cm³/mol. The fourth-order valence-corrected chi connectivity index (χ4v) is 3.50. The minimum Gasteiger partial charge on any atom is -0.367 e. The van der Waals surface area contributed by atoms with Gasteiger partial charge in [-0.1, -0.05) is 31.7 Å². The third kappa shape index (κ3) is 4.13. The molecule has 2 rings (SSSR count). The van der Waals surface area contributed by atoms with Gasteiger partial charge in [0.05, 0.1) is 4.47 Å². The molecule has 0 amide bonds. The van der Waals surface area contributed by atoms with Crippen LogP contribution in [0, 0.1) is 5.82 Å². The van der Waals surface area contributed by atoms with E-state index >= 15 is 0 Å². The van der Waals surface area contributed by atoms with Crippen molar-refractivity contribution in [3.05, 3.63) is 34.1 Å². The number of ketones is 1. The first-order valence-electron chi connectivity index (χ1n) is 7.68. The molecule has 1 aromatic rings. The first-order valence-corrected chi connectivity index (χ1v) is 8.48. The number of rotatable bonds is 5. The molecule has 0 unspecified atom stereocenters. The van der Waals surface area contributed by atoms with Crippen LogP contribution in [0.3, 0.4) is 0 Å². The van der Waals surface area contributed by atoms with Gasteiger partial charge in [0.25, 0.3) is 0 Å². The third-order valence-corrected chi connectivity index (χ3v) is 4.80. The van der Waals surface area contributed by atoms with E-state index in [1.165, 1.54) is 18.9 Å². The van der Waals surface area contributed by atoms with E-state index in [1.54, 1.807) is 12.1 Å². The molecule has 0 atom stereocenters. The topological polar surface area (TPSA) is 26.3 Å². The minimum atomic E-state index is -0.633. The van der Waals surface area contributed by atoms with Crippen molar-refractivity contribution in [1.82, 2.24) is 0 Å². The SMILES string of the molecule is CCOC1(C(=O)Cc2ccc(F)c(Br)c2)CCCCCC1. The Hall–Kier alpha value is -0.740. The van der Waals surface area contributed by atoms with Gasteiger partial charge in [-0.05, 0) is 53.4 Å². The number of hydrogen-bond acceptors (Lipinski definition) is 2. The fraction of sp³-hybridized carbons (Fsp3) is 0.588. The maximum absolute atomic E-state index is 13.3. The van der Waals surface area contributed by atoms with E-state index < -0.39 is 5.60 Å². The second-order valence-corrected chi connectivity index (χ2v) is 6.54. The van der Waals surface area contributed by atoms with Crippen LogP contribution >= 0.6 is 15.9 Å². The molecule has 116 valence electrons. The summed E-state index contributed by atoms with van der Waals surface area (Å²) in [7, 11) is 0. The lowest BCUT2D eigenvalue weighted by atomic mass is 9.86. The highest BCUT2D eigenvalue weighted by Gasteiger charge is 2.38. The van der Waals surface area contributed by atoms with E-state index in [1.807, 2.05) is 6.92 Å². The number of ether oxygens (including phenoxy) is 1. The van der Waals surface area contributed by atoms with Crippen LogP contribution in [0.1, 0.15) is 51.0 Å². The predicted octanol–water partition coefficient (Wildman–Crippen LogP) is 4.83. The number of carbonyl (C=O) groups excluding carboxylic acids is 1. The molecule has 1 aliphatic rings. The highest BCUT2D eigenvalue weighted by molar-refractivity contribution is 9.10. The second kappa shape index (κ2) is 7.50. The van der Waals surface area contributed by atoms with Gasteiger partial charge in [-0.2, -0.15) is 0 Å². The van der Waals surface area contributed by atoms with Crippen LogP contribution in [-0.2, 0) is 16.0 Å². The van der Waals surface area contributed by atoms with Gasteiger partial charge in [-0.3, -0.25) is 4.79 Å². The Labute approximate surface area is 134 Å². The van der Waals surface area contributed by atoms with Gasteiger partial charge in [0.2, 0.25) is 0 Å². The summed E-state index contributed by atoms with van der Waals surface area (Å²) in [5.41, 5.74) is 0.197. The lowest BCUT2D eigenvalue weighted by molar-refractivity contribution is -0.145. The summed E-state index contributed by atoms with van der Waals surface area (Å²) in [5, 5.41) is 0. The summed E-state index contributed by atoms with van der Waals surface area (Å²) in [6.07, 6.45) is 6.34. The largest absolute Gasteiger partial charge is 0.367 e. The number of Topliss-reactive ketones (excluding diaryl/α,β-unsaturated/α-hetero) is 1. The highest BCUT2D eigenvalue weighted by Crippen LogP contribution is 2.32. The molecular weight excluding hydrogens is 335 g/mol. The van der Waals surface area contributed by atoms with Crippen molar-refractivity contribution in [2.45, 2.75) is 57.5 Å². The molecule has 1 aliphatic carbocycles. The van der Waals surface area contributed by atoms with Crippen LogP contribution in [0.4, 0.5) is 4.39 Å². The van der Waals surface area contributed by atoms with Crippen molar-refractivity contribution in [2.75, 3.05) is 6.61 Å². The first-order chi connectivity index (χ1) is 10.1. The van der Waals surface area contributed by atoms with E-state index in [-0.39, 0.29) is 11.6 Å². The molecule has 0 saturated heterocycles. The molecule has 21 heavy (non-hydrogen) atoms. The zero-order valence-corrected chi connectivity index (χ0v) is 14.0. The maximum Gasteiger partial charge on any atom is 0.168 e. The second-order valence-electron chi connectivity index (χ2n) is 5.69. The lowest BCUT2D eigenvalue weighted by Crippen LogP contribution is -2.42. The van der Waals surface area contributed by atoms with Crippen molar-refractivity contribution < 1.29 is 13.9 Å². The number of halogens is 2. The Kier molecular flexibility index (Phi) is 5.94. The van der Waals surface area contributed by atoms with Gasteiger partial charge in [-0.25, -0.2) is 4.39 Å². The van der Waals surface area contributed by atoms with E-state index in [0.717, 1.165) is 31.2 Å². The molecule has 0 N–H and O–H groups in total. The molecular formula is C17H22BrFO2. The zero-order valence-electron chi connectivity index (χ0n) is 12.5. The van der Waals surface area contributed by atoms with E-state index in [0.29, 0.717) is 17.5 Å². The fourth-order valence-electron chi connectivity index (χ4n) is 3.08. The van der Waals surface area contributed by atoms with Crippen LogP contribution in [-0.4, -0.2) is 18.0 Å². The van der Waals surface area contributed by atoms with E-state index in [9.17, 15) is 9.18 Å². The molecule has 0 bridgehead atoms. The van der Waals surface area contributed by atoms with Crippen molar-refractivity contribution in [1.29, 1.82) is 0 Å². The maximum atomic E-state index is 13.3. The molecule has 1 aromatic carbocycles. The lowest BCUT2D eigenvalue weighted by Gasteiger charge is -2.31. The van der Waals surface area contributed by atoms with Crippen LogP contribution in [0.15, 0.2) is 22.7 Å². The van der Waals surface area contributed by atoms with Crippen molar-refractivity contribution in [3.63, 3.8) is 0 Å². The average molecular weight is 357 g/mol. The van der Waals surface area contributed by atoms with Gasteiger partial charge >= 0.3 is 0 Å². The number of carbonyl (C=O) groups is 1. The van der Waals surface area contributed by atoms with Crippen LogP contribution in [0.5, 0.6) is 0 Å². The van der Waals surface area contributed by atoms with Gasteiger partial charge in [0, 0.05) is 13.0 Å². The van der Waals surface area contributed by atoms with E-state index in [2.05, 4.69) is 15.9 Å². The quantitative estimate of drug-likeness (QED) is 0.706. The van der Waals surface area contributed by atoms with Gasteiger partial charge in [0.1, 0.15) is 11.4 Å². The van der Waals surface area contributed by atoms with Gasteiger partial charge in [-0.15, -0.1) is 0 Å². The third-order valence-electron chi connectivity index (χ3n) is 4.19. The Morgan fingerprint density at radius 3 is 2.52 bits per heavy atom. The summed E-state index contributed by atoms with van der Waals surface area (Å²) in [6, 6.07) is 4.76. The smallest absolute Gasteiger partial charge is 0.168 e. The van der Waals surface area contributed by atoms with Gasteiger partial charge in [0.15, 0.2) is 5.78 Å². The van der Waals surface area contributed by atoms with Gasteiger partial charge < -0.3 is 4.74 Å². The molecule has 0 aromatic heterocycles. The monoisotopic (exact) mass is 356 g/mol. The first kappa shape index (κ1) is 16.6. The summed E-state index contributed by atoms with van der Waals surface area (Å²) in [6.45, 7) is 2.49. The summed E-state index contributed by atoms with van der Waals surface area (Å²) < 4.78 is 19.6. The van der Waals surface area contributed by atoms with Crippen LogP contribution < -0.4 is 0 Å². The van der Waals surface area contributed by atoms with Crippen LogP contribution in [0.25, 0.3) is 0 Å². The molecule has 0 radical (unpaired) electrons.